The summed E-state index contributed by atoms with van der Waals surface area (Å²) in [5.41, 5.74) is 5.05. The molecule has 0 bridgehead atoms. The molecule has 6 nitrogen and oxygen atoms in total. The lowest BCUT2D eigenvalue weighted by molar-refractivity contribution is -0.118. The number of benzene rings is 1. The summed E-state index contributed by atoms with van der Waals surface area (Å²) < 4.78 is 11.0. The third-order valence-corrected chi connectivity index (χ3v) is 2.45. The van der Waals surface area contributed by atoms with Gasteiger partial charge < -0.3 is 25.5 Å². The first-order valence-electron chi connectivity index (χ1n) is 6.63. The van der Waals surface area contributed by atoms with E-state index in [-0.39, 0.29) is 5.91 Å². The van der Waals surface area contributed by atoms with Gasteiger partial charge in [-0.2, -0.15) is 0 Å². The lowest BCUT2D eigenvalue weighted by atomic mass is 9.89. The molecule has 0 fully saturated rings. The van der Waals surface area contributed by atoms with Crippen LogP contribution in [0, 0.1) is 0 Å². The first kappa shape index (κ1) is 16.3. The summed E-state index contributed by atoms with van der Waals surface area (Å²) in [6.07, 6.45) is 0.917. The average molecular weight is 280 g/mol. The highest BCUT2D eigenvalue weighted by molar-refractivity contribution is 6.45. The Morgan fingerprint density at radius 3 is 2.60 bits per heavy atom. The predicted molar refractivity (Wildman–Crippen MR) is 77.7 cm³/mol. The van der Waals surface area contributed by atoms with E-state index in [4.69, 9.17) is 20.2 Å². The minimum atomic E-state index is -0.543. The summed E-state index contributed by atoms with van der Waals surface area (Å²) in [7, 11) is -0.543. The van der Waals surface area contributed by atoms with Crippen molar-refractivity contribution >= 4 is 13.0 Å². The molecule has 0 saturated heterocycles. The van der Waals surface area contributed by atoms with Gasteiger partial charge in [-0.05, 0) is 25.4 Å². The number of hydrogen-bond acceptors (Lipinski definition) is 5. The molecule has 1 aromatic carbocycles. The van der Waals surface area contributed by atoms with Crippen molar-refractivity contribution in [2.45, 2.75) is 19.7 Å². The van der Waals surface area contributed by atoms with Gasteiger partial charge in [0, 0.05) is 19.0 Å². The Hall–Kier alpha value is -1.73. The van der Waals surface area contributed by atoms with Crippen molar-refractivity contribution in [1.29, 1.82) is 0 Å². The molecule has 110 valence electrons. The van der Waals surface area contributed by atoms with Crippen LogP contribution in [-0.2, 0) is 4.79 Å². The molecule has 1 amide bonds. The van der Waals surface area contributed by atoms with E-state index >= 15 is 0 Å². The Morgan fingerprint density at radius 1 is 1.35 bits per heavy atom. The van der Waals surface area contributed by atoms with Crippen LogP contribution >= 0.6 is 0 Å². The van der Waals surface area contributed by atoms with Gasteiger partial charge in [-0.25, -0.2) is 0 Å². The number of rotatable bonds is 10. The number of nitrogens with one attached hydrogen (secondary N) is 1. The summed E-state index contributed by atoms with van der Waals surface area (Å²) in [6, 6.07) is 7.28. The Bertz CT molecular complexity index is 415. The number of primary amides is 1. The van der Waals surface area contributed by atoms with Crippen LogP contribution in [0.25, 0.3) is 0 Å². The standard InChI is InChI=1S/C13H21BN2O4/c1-14(18)16-7-9-20-12-5-2-4-11(10-12)19-8-3-6-13(15)17/h2,4-5,10,16,18H,3,6-9H2,1H3,(H2,15,17). The molecular weight excluding hydrogens is 259 g/mol. The molecule has 1 aromatic rings. The zero-order chi connectivity index (χ0) is 14.8. The summed E-state index contributed by atoms with van der Waals surface area (Å²) in [5, 5.41) is 11.9. The molecule has 0 radical (unpaired) electrons. The highest BCUT2D eigenvalue weighted by Gasteiger charge is 2.02. The molecule has 0 aromatic heterocycles. The first-order chi connectivity index (χ1) is 9.58. The van der Waals surface area contributed by atoms with Gasteiger partial charge in [0.1, 0.15) is 11.5 Å². The summed E-state index contributed by atoms with van der Waals surface area (Å²) in [5.74, 6) is 1.07. The molecule has 0 spiro atoms. The van der Waals surface area contributed by atoms with Gasteiger partial charge in [0.15, 0.2) is 0 Å². The van der Waals surface area contributed by atoms with Crippen LogP contribution in [0.4, 0.5) is 0 Å². The smallest absolute Gasteiger partial charge is 0.373 e. The third kappa shape index (κ3) is 7.65. The first-order valence-corrected chi connectivity index (χ1v) is 6.63. The van der Waals surface area contributed by atoms with Gasteiger partial charge in [0.2, 0.25) is 5.91 Å². The van der Waals surface area contributed by atoms with Crippen molar-refractivity contribution in [2.75, 3.05) is 19.8 Å². The highest BCUT2D eigenvalue weighted by atomic mass is 16.5. The van der Waals surface area contributed by atoms with Gasteiger partial charge in [0.25, 0.3) is 0 Å². The highest BCUT2D eigenvalue weighted by Crippen LogP contribution is 2.19. The quantitative estimate of drug-likeness (QED) is 0.426. The molecule has 0 aliphatic heterocycles. The lowest BCUT2D eigenvalue weighted by Gasteiger charge is -2.10. The molecule has 20 heavy (non-hydrogen) atoms. The topological polar surface area (TPSA) is 93.8 Å². The molecular formula is C13H21BN2O4. The lowest BCUT2D eigenvalue weighted by Crippen LogP contribution is -2.33. The molecule has 4 N–H and O–H groups in total. The fraction of sp³-hybridized carbons (Fsp3) is 0.462. The Morgan fingerprint density at radius 2 is 2.00 bits per heavy atom. The van der Waals surface area contributed by atoms with Crippen LogP contribution in [-0.4, -0.2) is 37.7 Å². The summed E-state index contributed by atoms with van der Waals surface area (Å²) in [4.78, 5) is 10.6. The second-order valence-electron chi connectivity index (χ2n) is 4.37. The number of ether oxygens (including phenoxy) is 2. The van der Waals surface area contributed by atoms with E-state index in [9.17, 15) is 4.79 Å². The number of hydrogen-bond donors (Lipinski definition) is 3. The fourth-order valence-electron chi connectivity index (χ4n) is 1.53. The second-order valence-corrected chi connectivity index (χ2v) is 4.37. The van der Waals surface area contributed by atoms with Crippen LogP contribution in [0.15, 0.2) is 24.3 Å². The van der Waals surface area contributed by atoms with Gasteiger partial charge >= 0.3 is 7.05 Å². The number of carbonyl (C=O) groups excluding carboxylic acids is 1. The molecule has 0 aliphatic rings. The number of nitrogens with two attached hydrogens (primary N) is 1. The van der Waals surface area contributed by atoms with Gasteiger partial charge in [-0.1, -0.05) is 6.07 Å². The molecule has 0 saturated carbocycles. The molecule has 0 unspecified atom stereocenters. The monoisotopic (exact) mass is 280 g/mol. The molecule has 1 rings (SSSR count). The maximum absolute atomic E-state index is 10.6. The van der Waals surface area contributed by atoms with E-state index in [2.05, 4.69) is 5.23 Å². The number of carbonyl (C=O) groups is 1. The fourth-order valence-corrected chi connectivity index (χ4v) is 1.53. The van der Waals surface area contributed by atoms with Crippen LogP contribution < -0.4 is 20.4 Å². The van der Waals surface area contributed by atoms with E-state index in [1.807, 2.05) is 18.2 Å². The maximum Gasteiger partial charge on any atom is 0.373 e. The Balaban J connectivity index is 2.28. The van der Waals surface area contributed by atoms with Crippen molar-refractivity contribution in [3.05, 3.63) is 24.3 Å². The van der Waals surface area contributed by atoms with E-state index in [1.165, 1.54) is 0 Å². The van der Waals surface area contributed by atoms with E-state index < -0.39 is 7.05 Å². The maximum atomic E-state index is 10.6. The summed E-state index contributed by atoms with van der Waals surface area (Å²) in [6.45, 7) is 3.11. The van der Waals surface area contributed by atoms with Crippen LogP contribution in [0.1, 0.15) is 12.8 Å². The van der Waals surface area contributed by atoms with Gasteiger partial charge in [0.05, 0.1) is 13.2 Å². The zero-order valence-electron chi connectivity index (χ0n) is 11.7. The van der Waals surface area contributed by atoms with Crippen LogP contribution in [0.5, 0.6) is 11.5 Å². The second kappa shape index (κ2) is 9.22. The zero-order valence-corrected chi connectivity index (χ0v) is 11.7. The van der Waals surface area contributed by atoms with E-state index in [0.29, 0.717) is 44.1 Å². The Labute approximate surface area is 119 Å². The van der Waals surface area contributed by atoms with Crippen molar-refractivity contribution in [3.8, 4) is 11.5 Å². The van der Waals surface area contributed by atoms with E-state index in [0.717, 1.165) is 0 Å². The SMILES string of the molecule is CB(O)NCCOc1cccc(OCCCC(N)=O)c1. The third-order valence-electron chi connectivity index (χ3n) is 2.45. The average Bonchev–Trinajstić information content (AvgIpc) is 2.40. The van der Waals surface area contributed by atoms with Gasteiger partial charge in [-0.15, -0.1) is 0 Å². The Kier molecular flexibility index (Phi) is 7.53. The molecule has 0 atom stereocenters. The van der Waals surface area contributed by atoms with Crippen LogP contribution in [0.2, 0.25) is 6.82 Å². The van der Waals surface area contributed by atoms with Crippen molar-refractivity contribution in [2.24, 2.45) is 5.73 Å². The minimum absolute atomic E-state index is 0.321. The minimum Gasteiger partial charge on any atom is -0.493 e. The van der Waals surface area contributed by atoms with Crippen molar-refractivity contribution in [1.82, 2.24) is 5.23 Å². The van der Waals surface area contributed by atoms with Crippen LogP contribution in [0.3, 0.4) is 0 Å². The largest absolute Gasteiger partial charge is 0.493 e. The number of amides is 1. The molecule has 0 heterocycles. The van der Waals surface area contributed by atoms with Gasteiger partial charge in [-0.3, -0.25) is 4.79 Å². The van der Waals surface area contributed by atoms with Crippen molar-refractivity contribution in [3.63, 3.8) is 0 Å². The molecule has 0 aliphatic carbocycles. The normalized spacial score (nSPS) is 10.1. The predicted octanol–water partition coefficient (Wildman–Crippen LogP) is 0.410. The van der Waals surface area contributed by atoms with Crippen molar-refractivity contribution < 1.29 is 19.3 Å². The van der Waals surface area contributed by atoms with E-state index in [1.54, 1.807) is 12.9 Å². The molecule has 7 heteroatoms. The summed E-state index contributed by atoms with van der Waals surface area (Å²) >= 11 is 0.